The molecule has 2 N–H and O–H groups in total. The van der Waals surface area contributed by atoms with Crippen LogP contribution in [-0.4, -0.2) is 30.0 Å². The summed E-state index contributed by atoms with van der Waals surface area (Å²) in [5, 5.41) is 6.53. The Kier molecular flexibility index (Phi) is 5.52. The van der Waals surface area contributed by atoms with Crippen molar-refractivity contribution in [2.45, 2.75) is 31.8 Å². The molecule has 1 aromatic carbocycles. The highest BCUT2D eigenvalue weighted by atomic mass is 79.9. The highest BCUT2D eigenvalue weighted by Crippen LogP contribution is 2.22. The first-order chi connectivity index (χ1) is 9.47. The van der Waals surface area contributed by atoms with E-state index in [0.717, 1.165) is 28.1 Å². The summed E-state index contributed by atoms with van der Waals surface area (Å²) in [7, 11) is 0. The molecule has 2 rings (SSSR count). The molecule has 1 heterocycles. The van der Waals surface area contributed by atoms with Crippen LogP contribution in [0.15, 0.2) is 28.7 Å². The topological polar surface area (TPSA) is 41.1 Å². The van der Waals surface area contributed by atoms with Crippen molar-refractivity contribution in [3.05, 3.63) is 34.3 Å². The fourth-order valence-electron chi connectivity index (χ4n) is 2.31. The molecule has 1 saturated heterocycles. The van der Waals surface area contributed by atoms with Crippen molar-refractivity contribution in [3.8, 4) is 0 Å². The molecule has 0 spiro atoms. The number of carbonyl (C=O) groups is 1. The van der Waals surface area contributed by atoms with Crippen molar-refractivity contribution in [1.82, 2.24) is 10.6 Å². The van der Waals surface area contributed by atoms with Gasteiger partial charge in [-0.15, -0.1) is 0 Å². The van der Waals surface area contributed by atoms with Crippen LogP contribution in [0.25, 0.3) is 0 Å². The van der Waals surface area contributed by atoms with Gasteiger partial charge in [0, 0.05) is 35.0 Å². The lowest BCUT2D eigenvalue weighted by atomic mass is 9.94. The minimum absolute atomic E-state index is 0.109. The van der Waals surface area contributed by atoms with Crippen LogP contribution in [0.3, 0.4) is 0 Å². The van der Waals surface area contributed by atoms with E-state index in [0.29, 0.717) is 12.5 Å². The number of thioether (sulfide) groups is 1. The first-order valence-corrected chi connectivity index (χ1v) is 8.80. The number of amides is 1. The second-order valence-electron chi connectivity index (χ2n) is 5.61. The Morgan fingerprint density at radius 1 is 1.45 bits per heavy atom. The third kappa shape index (κ3) is 4.50. The standard InChI is InChI=1S/C15H21BrN2OS/c1-15(2,11-3-5-12(16)6-4-11)18-14(19)9-13-10-20-8-7-17-13/h3-6,13,17H,7-10H2,1-2H3,(H,18,19). The molecule has 20 heavy (non-hydrogen) atoms. The highest BCUT2D eigenvalue weighted by molar-refractivity contribution is 9.10. The van der Waals surface area contributed by atoms with E-state index in [1.165, 1.54) is 0 Å². The largest absolute Gasteiger partial charge is 0.347 e. The van der Waals surface area contributed by atoms with Gasteiger partial charge in [0.05, 0.1) is 5.54 Å². The Bertz CT molecular complexity index is 455. The predicted octanol–water partition coefficient (Wildman–Crippen LogP) is 2.90. The zero-order valence-corrected chi connectivity index (χ0v) is 14.3. The Morgan fingerprint density at radius 3 is 2.75 bits per heavy atom. The minimum Gasteiger partial charge on any atom is -0.347 e. The van der Waals surface area contributed by atoms with Crippen LogP contribution in [0.1, 0.15) is 25.8 Å². The summed E-state index contributed by atoms with van der Waals surface area (Å²) >= 11 is 5.34. The molecule has 1 unspecified atom stereocenters. The molecule has 3 nitrogen and oxygen atoms in total. The normalized spacial score (nSPS) is 19.6. The third-order valence-corrected chi connectivity index (χ3v) is 5.11. The summed E-state index contributed by atoms with van der Waals surface area (Å²) in [4.78, 5) is 12.2. The van der Waals surface area contributed by atoms with E-state index in [2.05, 4.69) is 26.6 Å². The number of hydrogen-bond donors (Lipinski definition) is 2. The first kappa shape index (κ1) is 15.9. The van der Waals surface area contributed by atoms with E-state index in [1.807, 2.05) is 49.9 Å². The van der Waals surface area contributed by atoms with Crippen molar-refractivity contribution in [2.24, 2.45) is 0 Å². The maximum absolute atomic E-state index is 12.2. The Labute approximate surface area is 133 Å². The molecule has 110 valence electrons. The summed E-state index contributed by atoms with van der Waals surface area (Å²) in [5.41, 5.74) is 0.764. The fraction of sp³-hybridized carbons (Fsp3) is 0.533. The Hall–Kier alpha value is -0.520. The maximum Gasteiger partial charge on any atom is 0.222 e. The second-order valence-corrected chi connectivity index (χ2v) is 7.68. The maximum atomic E-state index is 12.2. The zero-order valence-electron chi connectivity index (χ0n) is 11.9. The van der Waals surface area contributed by atoms with E-state index in [4.69, 9.17) is 0 Å². The summed E-state index contributed by atoms with van der Waals surface area (Å²) in [6, 6.07) is 8.39. The summed E-state index contributed by atoms with van der Waals surface area (Å²) in [6.45, 7) is 5.08. The van der Waals surface area contributed by atoms with Crippen molar-refractivity contribution in [1.29, 1.82) is 0 Å². The number of halogens is 1. The van der Waals surface area contributed by atoms with Gasteiger partial charge in [-0.1, -0.05) is 28.1 Å². The van der Waals surface area contributed by atoms with Crippen LogP contribution in [-0.2, 0) is 10.3 Å². The predicted molar refractivity (Wildman–Crippen MR) is 89.0 cm³/mol. The van der Waals surface area contributed by atoms with E-state index >= 15 is 0 Å². The van der Waals surface area contributed by atoms with E-state index in [-0.39, 0.29) is 11.4 Å². The van der Waals surface area contributed by atoms with Crippen LogP contribution >= 0.6 is 27.7 Å². The van der Waals surface area contributed by atoms with Gasteiger partial charge in [-0.2, -0.15) is 11.8 Å². The molecule has 1 fully saturated rings. The molecule has 5 heteroatoms. The van der Waals surface area contributed by atoms with E-state index in [1.54, 1.807) is 0 Å². The lowest BCUT2D eigenvalue weighted by Gasteiger charge is -2.29. The average molecular weight is 357 g/mol. The van der Waals surface area contributed by atoms with Gasteiger partial charge in [-0.05, 0) is 31.5 Å². The smallest absolute Gasteiger partial charge is 0.222 e. The second kappa shape index (κ2) is 6.96. The van der Waals surface area contributed by atoms with Crippen molar-refractivity contribution >= 4 is 33.6 Å². The average Bonchev–Trinajstić information content (AvgIpc) is 2.39. The zero-order chi connectivity index (χ0) is 14.6. The molecule has 1 aliphatic heterocycles. The van der Waals surface area contributed by atoms with Gasteiger partial charge in [-0.3, -0.25) is 4.79 Å². The van der Waals surface area contributed by atoms with Gasteiger partial charge in [0.25, 0.3) is 0 Å². The monoisotopic (exact) mass is 356 g/mol. The molecule has 1 atom stereocenters. The van der Waals surface area contributed by atoms with E-state index < -0.39 is 0 Å². The van der Waals surface area contributed by atoms with Gasteiger partial charge in [-0.25, -0.2) is 0 Å². The number of benzene rings is 1. The SMILES string of the molecule is CC(C)(NC(=O)CC1CSCCN1)c1ccc(Br)cc1. The quantitative estimate of drug-likeness (QED) is 0.871. The van der Waals surface area contributed by atoms with Crippen LogP contribution in [0.2, 0.25) is 0 Å². The Morgan fingerprint density at radius 2 is 2.15 bits per heavy atom. The fourth-order valence-corrected chi connectivity index (χ4v) is 3.53. The molecular weight excluding hydrogens is 336 g/mol. The molecule has 0 aromatic heterocycles. The van der Waals surface area contributed by atoms with Crippen LogP contribution in [0.5, 0.6) is 0 Å². The third-order valence-electron chi connectivity index (χ3n) is 3.45. The molecule has 0 saturated carbocycles. The van der Waals surface area contributed by atoms with E-state index in [9.17, 15) is 4.79 Å². The molecule has 1 amide bonds. The summed E-state index contributed by atoms with van der Waals surface area (Å²) in [6.07, 6.45) is 0.549. The van der Waals surface area contributed by atoms with Crippen molar-refractivity contribution < 1.29 is 4.79 Å². The number of rotatable bonds is 4. The van der Waals surface area contributed by atoms with Gasteiger partial charge in [0.2, 0.25) is 5.91 Å². The van der Waals surface area contributed by atoms with Gasteiger partial charge >= 0.3 is 0 Å². The van der Waals surface area contributed by atoms with Gasteiger partial charge in [0.1, 0.15) is 0 Å². The van der Waals surface area contributed by atoms with Crippen LogP contribution in [0, 0.1) is 0 Å². The molecule has 0 bridgehead atoms. The van der Waals surface area contributed by atoms with Gasteiger partial charge in [0.15, 0.2) is 0 Å². The lowest BCUT2D eigenvalue weighted by Crippen LogP contribution is -2.46. The van der Waals surface area contributed by atoms with Crippen LogP contribution in [0.4, 0.5) is 0 Å². The number of carbonyl (C=O) groups excluding carboxylic acids is 1. The first-order valence-electron chi connectivity index (χ1n) is 6.85. The highest BCUT2D eigenvalue weighted by Gasteiger charge is 2.24. The number of nitrogens with one attached hydrogen (secondary N) is 2. The number of hydrogen-bond acceptors (Lipinski definition) is 3. The van der Waals surface area contributed by atoms with Crippen molar-refractivity contribution in [3.63, 3.8) is 0 Å². The summed E-state index contributed by atoms with van der Waals surface area (Å²) in [5.74, 6) is 2.27. The minimum atomic E-state index is -0.348. The lowest BCUT2D eigenvalue weighted by molar-refractivity contribution is -0.123. The molecular formula is C15H21BrN2OS. The molecule has 1 aromatic rings. The van der Waals surface area contributed by atoms with Gasteiger partial charge < -0.3 is 10.6 Å². The Balaban J connectivity index is 1.93. The van der Waals surface area contributed by atoms with Crippen LogP contribution < -0.4 is 10.6 Å². The molecule has 0 radical (unpaired) electrons. The molecule has 0 aliphatic carbocycles. The molecule has 1 aliphatic rings. The van der Waals surface area contributed by atoms with Crippen molar-refractivity contribution in [2.75, 3.05) is 18.1 Å². The summed E-state index contributed by atoms with van der Waals surface area (Å²) < 4.78 is 1.05.